The van der Waals surface area contributed by atoms with Crippen LogP contribution in [-0.4, -0.2) is 36.1 Å². The van der Waals surface area contributed by atoms with Crippen molar-refractivity contribution in [3.63, 3.8) is 0 Å². The summed E-state index contributed by atoms with van der Waals surface area (Å²) in [6.07, 6.45) is 3.09. The molecule has 3 aromatic carbocycles. The van der Waals surface area contributed by atoms with Crippen molar-refractivity contribution in [2.24, 2.45) is 0 Å². The van der Waals surface area contributed by atoms with Crippen LogP contribution in [-0.2, 0) is 10.0 Å². The molecule has 0 aliphatic rings. The van der Waals surface area contributed by atoms with E-state index in [1.807, 2.05) is 38.1 Å². The summed E-state index contributed by atoms with van der Waals surface area (Å²) in [4.78, 5) is 16.9. The summed E-state index contributed by atoms with van der Waals surface area (Å²) >= 11 is 0. The van der Waals surface area contributed by atoms with Gasteiger partial charge in [0, 0.05) is 12.6 Å². The van der Waals surface area contributed by atoms with Gasteiger partial charge in [0.1, 0.15) is 12.7 Å². The van der Waals surface area contributed by atoms with Gasteiger partial charge in [0.05, 0.1) is 22.3 Å². The highest BCUT2D eigenvalue weighted by Crippen LogP contribution is 2.23. The van der Waals surface area contributed by atoms with Crippen molar-refractivity contribution in [2.75, 3.05) is 11.4 Å². The van der Waals surface area contributed by atoms with E-state index in [9.17, 15) is 13.2 Å². The highest BCUT2D eigenvalue weighted by Gasteiger charge is 2.21. The minimum Gasteiger partial charge on any atom is -0.346 e. The van der Waals surface area contributed by atoms with Crippen LogP contribution in [0.1, 0.15) is 34.5 Å². The van der Waals surface area contributed by atoms with E-state index in [0.717, 1.165) is 16.8 Å². The minimum absolute atomic E-state index is 0.214. The minimum atomic E-state index is -3.69. The molecule has 34 heavy (non-hydrogen) atoms. The molecule has 1 aromatic heterocycles. The van der Waals surface area contributed by atoms with E-state index in [1.165, 1.54) is 17.7 Å². The zero-order valence-corrected chi connectivity index (χ0v) is 19.9. The molecule has 0 saturated carbocycles. The summed E-state index contributed by atoms with van der Waals surface area (Å²) in [5.74, 6) is -0.247. The molecule has 0 aliphatic carbocycles. The second-order valence-corrected chi connectivity index (χ2v) is 9.93. The first-order valence-corrected chi connectivity index (χ1v) is 12.1. The number of carbonyl (C=O) groups excluding carboxylic acids is 1. The number of hydrogen-bond acceptors (Lipinski definition) is 5. The number of hydrogen-bond donors (Lipinski definition) is 1. The highest BCUT2D eigenvalue weighted by molar-refractivity contribution is 7.92. The SMILES string of the molecule is Cc1ccc(S(=O)(=O)N(C)c2ccc(C(=O)N[C@@H](C)c3ccc(-n4cncn4)cc3)cc2)cc1. The summed E-state index contributed by atoms with van der Waals surface area (Å²) in [5.41, 5.74) is 3.71. The molecular formula is C25H25N5O3S. The van der Waals surface area contributed by atoms with Gasteiger partial charge in [-0.3, -0.25) is 9.10 Å². The fourth-order valence-corrected chi connectivity index (χ4v) is 4.65. The van der Waals surface area contributed by atoms with Gasteiger partial charge in [0.15, 0.2) is 0 Å². The standard InChI is InChI=1S/C25H25N5O3S/c1-18-4-14-24(15-5-18)34(32,33)29(3)22-10-8-21(9-11-22)25(31)28-19(2)20-6-12-23(13-7-20)30-17-26-16-27-30/h4-17,19H,1-3H3,(H,28,31)/t19-/m0/s1. The number of nitrogens with zero attached hydrogens (tertiary/aromatic N) is 4. The maximum atomic E-state index is 12.9. The molecule has 0 spiro atoms. The second-order valence-electron chi connectivity index (χ2n) is 7.96. The first-order chi connectivity index (χ1) is 16.3. The molecule has 0 aliphatic heterocycles. The maximum Gasteiger partial charge on any atom is 0.264 e. The van der Waals surface area contributed by atoms with Crippen molar-refractivity contribution in [3.8, 4) is 5.69 Å². The van der Waals surface area contributed by atoms with Gasteiger partial charge in [-0.25, -0.2) is 18.1 Å². The van der Waals surface area contributed by atoms with Gasteiger partial charge in [0.25, 0.3) is 15.9 Å². The van der Waals surface area contributed by atoms with Crippen molar-refractivity contribution in [2.45, 2.75) is 24.8 Å². The third-order valence-corrected chi connectivity index (χ3v) is 7.40. The number of anilines is 1. The number of benzene rings is 3. The molecule has 1 atom stereocenters. The summed E-state index contributed by atoms with van der Waals surface area (Å²) in [6.45, 7) is 3.80. The van der Waals surface area contributed by atoms with Gasteiger partial charge in [0.2, 0.25) is 0 Å². The summed E-state index contributed by atoms with van der Waals surface area (Å²) in [6, 6.07) is 20.6. The number of aromatic nitrogens is 3. The van der Waals surface area contributed by atoms with Crippen LogP contribution in [0.3, 0.4) is 0 Å². The molecule has 1 amide bonds. The van der Waals surface area contributed by atoms with Crippen molar-refractivity contribution in [1.29, 1.82) is 0 Å². The van der Waals surface area contributed by atoms with Crippen LogP contribution in [0.25, 0.3) is 5.69 Å². The monoisotopic (exact) mass is 475 g/mol. The van der Waals surface area contributed by atoms with Crippen molar-refractivity contribution in [3.05, 3.63) is 102 Å². The number of nitrogens with one attached hydrogen (secondary N) is 1. The number of carbonyl (C=O) groups is 1. The molecule has 4 aromatic rings. The van der Waals surface area contributed by atoms with E-state index in [-0.39, 0.29) is 16.8 Å². The predicted octanol–water partition coefficient (Wildman–Crippen LogP) is 3.89. The van der Waals surface area contributed by atoms with Crippen LogP contribution < -0.4 is 9.62 Å². The number of amides is 1. The Morgan fingerprint density at radius 3 is 2.21 bits per heavy atom. The predicted molar refractivity (Wildman–Crippen MR) is 130 cm³/mol. The first-order valence-electron chi connectivity index (χ1n) is 10.7. The second kappa shape index (κ2) is 9.48. The fraction of sp³-hybridized carbons (Fsp3) is 0.160. The van der Waals surface area contributed by atoms with Crippen LogP contribution in [0.2, 0.25) is 0 Å². The number of rotatable bonds is 7. The van der Waals surface area contributed by atoms with Crippen molar-refractivity contribution >= 4 is 21.6 Å². The molecule has 0 unspecified atom stereocenters. The van der Waals surface area contributed by atoms with E-state index in [2.05, 4.69) is 15.4 Å². The van der Waals surface area contributed by atoms with Crippen LogP contribution >= 0.6 is 0 Å². The van der Waals surface area contributed by atoms with Gasteiger partial charge in [-0.1, -0.05) is 29.8 Å². The van der Waals surface area contributed by atoms with Gasteiger partial charge in [-0.05, 0) is 67.9 Å². The Balaban J connectivity index is 1.43. The lowest BCUT2D eigenvalue weighted by atomic mass is 10.1. The normalized spacial score (nSPS) is 12.2. The molecule has 1 heterocycles. The molecule has 8 nitrogen and oxygen atoms in total. The molecule has 1 N–H and O–H groups in total. The van der Waals surface area contributed by atoms with Gasteiger partial charge >= 0.3 is 0 Å². The smallest absolute Gasteiger partial charge is 0.264 e. The van der Waals surface area contributed by atoms with Crippen LogP contribution in [0.4, 0.5) is 5.69 Å². The van der Waals surface area contributed by atoms with Gasteiger partial charge in [-0.15, -0.1) is 0 Å². The number of aryl methyl sites for hydroxylation is 1. The molecule has 9 heteroatoms. The zero-order chi connectivity index (χ0) is 24.3. The first kappa shape index (κ1) is 23.2. The number of sulfonamides is 1. The molecule has 0 saturated heterocycles. The van der Waals surface area contributed by atoms with Gasteiger partial charge < -0.3 is 5.32 Å². The Morgan fingerprint density at radius 1 is 0.971 bits per heavy atom. The quantitative estimate of drug-likeness (QED) is 0.437. The largest absolute Gasteiger partial charge is 0.346 e. The van der Waals surface area contributed by atoms with E-state index >= 15 is 0 Å². The average Bonchev–Trinajstić information content (AvgIpc) is 3.39. The lowest BCUT2D eigenvalue weighted by Gasteiger charge is -2.20. The Morgan fingerprint density at radius 2 is 1.62 bits per heavy atom. The average molecular weight is 476 g/mol. The van der Waals surface area contributed by atoms with E-state index in [0.29, 0.717) is 11.3 Å². The summed E-state index contributed by atoms with van der Waals surface area (Å²) in [5, 5.41) is 7.07. The topological polar surface area (TPSA) is 97.2 Å². The van der Waals surface area contributed by atoms with Crippen molar-refractivity contribution < 1.29 is 13.2 Å². The molecule has 0 bridgehead atoms. The van der Waals surface area contributed by atoms with Crippen molar-refractivity contribution in [1.82, 2.24) is 20.1 Å². The molecule has 0 radical (unpaired) electrons. The molecule has 0 fully saturated rings. The Labute approximate surface area is 198 Å². The van der Waals surface area contributed by atoms with Crippen LogP contribution in [0.15, 0.2) is 90.3 Å². The lowest BCUT2D eigenvalue weighted by molar-refractivity contribution is 0.0940. The Kier molecular flexibility index (Phi) is 6.47. The Bertz CT molecular complexity index is 1370. The lowest BCUT2D eigenvalue weighted by Crippen LogP contribution is -2.28. The highest BCUT2D eigenvalue weighted by atomic mass is 32.2. The summed E-state index contributed by atoms with van der Waals surface area (Å²) in [7, 11) is -2.20. The third kappa shape index (κ3) is 4.84. The molecule has 4 rings (SSSR count). The fourth-order valence-electron chi connectivity index (χ4n) is 3.45. The van der Waals surface area contributed by atoms with Crippen LogP contribution in [0.5, 0.6) is 0 Å². The summed E-state index contributed by atoms with van der Waals surface area (Å²) < 4.78 is 28.7. The Hall–Kier alpha value is -3.98. The third-order valence-electron chi connectivity index (χ3n) is 5.60. The molecule has 174 valence electrons. The maximum absolute atomic E-state index is 12.9. The van der Waals surface area contributed by atoms with E-state index in [4.69, 9.17) is 0 Å². The van der Waals surface area contributed by atoms with Crippen LogP contribution in [0, 0.1) is 6.92 Å². The molecular weight excluding hydrogens is 450 g/mol. The zero-order valence-electron chi connectivity index (χ0n) is 19.1. The van der Waals surface area contributed by atoms with E-state index < -0.39 is 10.0 Å². The van der Waals surface area contributed by atoms with Gasteiger partial charge in [-0.2, -0.15) is 5.10 Å². The van der Waals surface area contributed by atoms with E-state index in [1.54, 1.807) is 59.5 Å².